The van der Waals surface area contributed by atoms with E-state index in [1.54, 1.807) is 18.7 Å². The van der Waals surface area contributed by atoms with Crippen molar-refractivity contribution in [1.82, 2.24) is 19.5 Å². The van der Waals surface area contributed by atoms with Crippen LogP contribution in [-0.2, 0) is 7.05 Å². The largest absolute Gasteiger partial charge is 0.463 e. The van der Waals surface area contributed by atoms with Crippen LogP contribution in [0.4, 0.5) is 5.95 Å². The summed E-state index contributed by atoms with van der Waals surface area (Å²) in [7, 11) is 1.93. The molecule has 24 heavy (non-hydrogen) atoms. The molecule has 4 heterocycles. The van der Waals surface area contributed by atoms with Gasteiger partial charge in [-0.3, -0.25) is 0 Å². The molecule has 1 N–H and O–H groups in total. The molecular formula is C17H19N5O2. The van der Waals surface area contributed by atoms with Crippen molar-refractivity contribution < 1.29 is 9.52 Å². The van der Waals surface area contributed by atoms with Crippen LogP contribution in [0.2, 0.25) is 0 Å². The van der Waals surface area contributed by atoms with Crippen LogP contribution in [0.15, 0.2) is 41.4 Å². The molecule has 0 aliphatic carbocycles. The van der Waals surface area contributed by atoms with E-state index in [1.807, 2.05) is 34.8 Å². The highest BCUT2D eigenvalue weighted by Gasteiger charge is 2.23. The summed E-state index contributed by atoms with van der Waals surface area (Å²) in [5, 5.41) is 9.91. The monoisotopic (exact) mass is 325 g/mol. The minimum atomic E-state index is -0.330. The Hall–Kier alpha value is -2.67. The molecule has 0 radical (unpaired) electrons. The predicted octanol–water partition coefficient (Wildman–Crippen LogP) is 2.10. The first-order chi connectivity index (χ1) is 11.7. The molecule has 0 bridgehead atoms. The Bertz CT molecular complexity index is 827. The van der Waals surface area contributed by atoms with Gasteiger partial charge < -0.3 is 19.0 Å². The lowest BCUT2D eigenvalue weighted by atomic mass is 10.1. The summed E-state index contributed by atoms with van der Waals surface area (Å²) in [6.45, 7) is 1.40. The van der Waals surface area contributed by atoms with Gasteiger partial charge in [-0.1, -0.05) is 0 Å². The average Bonchev–Trinajstić information content (AvgIpc) is 3.26. The summed E-state index contributed by atoms with van der Waals surface area (Å²) in [5.41, 5.74) is 1.53. The summed E-state index contributed by atoms with van der Waals surface area (Å²) in [5.74, 6) is 2.07. The zero-order chi connectivity index (χ0) is 16.5. The first-order valence-corrected chi connectivity index (χ1v) is 8.04. The molecule has 7 nitrogen and oxygen atoms in total. The normalized spacial score (nSPS) is 18.1. The van der Waals surface area contributed by atoms with Crippen LogP contribution >= 0.6 is 0 Å². The molecular weight excluding hydrogens is 306 g/mol. The summed E-state index contributed by atoms with van der Waals surface area (Å²) in [6.07, 6.45) is 8.47. The molecule has 0 saturated carbocycles. The van der Waals surface area contributed by atoms with Gasteiger partial charge >= 0.3 is 0 Å². The van der Waals surface area contributed by atoms with E-state index in [0.29, 0.717) is 23.9 Å². The topological polar surface area (TPSA) is 80.2 Å². The van der Waals surface area contributed by atoms with Crippen molar-refractivity contribution in [1.29, 1.82) is 0 Å². The molecule has 3 aromatic heterocycles. The third-order valence-corrected chi connectivity index (χ3v) is 4.27. The minimum Gasteiger partial charge on any atom is -0.463 e. The Labute approximate surface area is 139 Å². The van der Waals surface area contributed by atoms with Crippen LogP contribution in [0.5, 0.6) is 0 Å². The molecule has 1 aliphatic heterocycles. The molecule has 0 unspecified atom stereocenters. The molecule has 0 amide bonds. The number of imidazole rings is 1. The number of aryl methyl sites for hydroxylation is 1. The van der Waals surface area contributed by atoms with Gasteiger partial charge in [0.25, 0.3) is 0 Å². The number of nitrogens with zero attached hydrogens (tertiary/aromatic N) is 5. The maximum atomic E-state index is 9.91. The van der Waals surface area contributed by atoms with Gasteiger partial charge in [-0.05, 0) is 25.0 Å². The number of piperidine rings is 1. The first-order valence-electron chi connectivity index (χ1n) is 8.04. The van der Waals surface area contributed by atoms with E-state index in [0.717, 1.165) is 30.8 Å². The second kappa shape index (κ2) is 6.09. The summed E-state index contributed by atoms with van der Waals surface area (Å²) in [6, 6.07) is 3.72. The average molecular weight is 325 g/mol. The second-order valence-corrected chi connectivity index (χ2v) is 6.01. The second-order valence-electron chi connectivity index (χ2n) is 6.01. The Morgan fingerprint density at radius 2 is 2.25 bits per heavy atom. The number of rotatable bonds is 3. The summed E-state index contributed by atoms with van der Waals surface area (Å²) >= 11 is 0. The van der Waals surface area contributed by atoms with Gasteiger partial charge in [0.05, 0.1) is 17.9 Å². The van der Waals surface area contributed by atoms with E-state index in [1.165, 1.54) is 0 Å². The Morgan fingerprint density at radius 1 is 1.33 bits per heavy atom. The number of anilines is 1. The molecule has 1 aliphatic rings. The highest BCUT2D eigenvalue weighted by atomic mass is 16.3. The van der Waals surface area contributed by atoms with Gasteiger partial charge in [0.1, 0.15) is 11.5 Å². The SMILES string of the molecule is Cn1ccnc1-c1cnc(N2CCC[C@H](O)C2)nc1-c1ccco1. The summed E-state index contributed by atoms with van der Waals surface area (Å²) < 4.78 is 7.49. The maximum Gasteiger partial charge on any atom is 0.226 e. The molecule has 1 atom stereocenters. The Balaban J connectivity index is 1.80. The predicted molar refractivity (Wildman–Crippen MR) is 89.4 cm³/mol. The zero-order valence-electron chi connectivity index (χ0n) is 13.5. The van der Waals surface area contributed by atoms with E-state index in [2.05, 4.69) is 9.97 Å². The Kier molecular flexibility index (Phi) is 3.78. The zero-order valence-corrected chi connectivity index (χ0v) is 13.5. The molecule has 0 aromatic carbocycles. The van der Waals surface area contributed by atoms with Gasteiger partial charge in [0.2, 0.25) is 5.95 Å². The van der Waals surface area contributed by atoms with Crippen LogP contribution in [0.1, 0.15) is 12.8 Å². The van der Waals surface area contributed by atoms with Crippen molar-refractivity contribution in [3.63, 3.8) is 0 Å². The van der Waals surface area contributed by atoms with Crippen LogP contribution < -0.4 is 4.90 Å². The number of furan rings is 1. The van der Waals surface area contributed by atoms with Crippen molar-refractivity contribution in [2.75, 3.05) is 18.0 Å². The van der Waals surface area contributed by atoms with Crippen LogP contribution in [0.3, 0.4) is 0 Å². The fourth-order valence-corrected chi connectivity index (χ4v) is 3.05. The quantitative estimate of drug-likeness (QED) is 0.794. The smallest absolute Gasteiger partial charge is 0.226 e. The van der Waals surface area contributed by atoms with Gasteiger partial charge in [0.15, 0.2) is 5.76 Å². The standard InChI is InChI=1S/C17H19N5O2/c1-21-8-6-18-16(21)13-10-19-17(22-7-2-4-12(23)11-22)20-15(13)14-5-3-9-24-14/h3,5-6,8-10,12,23H,2,4,7,11H2,1H3/t12-/m0/s1. The molecule has 3 aromatic rings. The van der Waals surface area contributed by atoms with Crippen molar-refractivity contribution in [3.05, 3.63) is 37.0 Å². The molecule has 7 heteroatoms. The van der Waals surface area contributed by atoms with E-state index in [9.17, 15) is 5.11 Å². The fraction of sp³-hybridized carbons (Fsp3) is 0.353. The van der Waals surface area contributed by atoms with Gasteiger partial charge in [0, 0.05) is 38.7 Å². The van der Waals surface area contributed by atoms with Crippen LogP contribution in [0, 0.1) is 0 Å². The fourth-order valence-electron chi connectivity index (χ4n) is 3.05. The lowest BCUT2D eigenvalue weighted by Crippen LogP contribution is -2.39. The highest BCUT2D eigenvalue weighted by Crippen LogP contribution is 2.31. The van der Waals surface area contributed by atoms with Gasteiger partial charge in [-0.25, -0.2) is 15.0 Å². The summed E-state index contributed by atoms with van der Waals surface area (Å²) in [4.78, 5) is 15.7. The first kappa shape index (κ1) is 14.9. The van der Waals surface area contributed by atoms with Crippen molar-refractivity contribution in [2.24, 2.45) is 7.05 Å². The van der Waals surface area contributed by atoms with E-state index < -0.39 is 0 Å². The third kappa shape index (κ3) is 2.67. The third-order valence-electron chi connectivity index (χ3n) is 4.27. The molecule has 4 rings (SSSR count). The Morgan fingerprint density at radius 3 is 2.96 bits per heavy atom. The van der Waals surface area contributed by atoms with E-state index in [-0.39, 0.29) is 6.10 Å². The van der Waals surface area contributed by atoms with Crippen LogP contribution in [-0.4, -0.2) is 43.8 Å². The van der Waals surface area contributed by atoms with Gasteiger partial charge in [-0.2, -0.15) is 0 Å². The van der Waals surface area contributed by atoms with Crippen molar-refractivity contribution in [3.8, 4) is 22.8 Å². The number of aromatic nitrogens is 4. The lowest BCUT2D eigenvalue weighted by molar-refractivity contribution is 0.153. The number of β-amino-alcohol motifs (C(OH)–C–C–N with tert-alkyl or cyclic N) is 1. The molecule has 124 valence electrons. The van der Waals surface area contributed by atoms with Crippen LogP contribution in [0.25, 0.3) is 22.8 Å². The lowest BCUT2D eigenvalue weighted by Gasteiger charge is -2.30. The minimum absolute atomic E-state index is 0.330. The highest BCUT2D eigenvalue weighted by molar-refractivity contribution is 5.75. The van der Waals surface area contributed by atoms with Crippen molar-refractivity contribution in [2.45, 2.75) is 18.9 Å². The maximum absolute atomic E-state index is 9.91. The number of hydrogen-bond acceptors (Lipinski definition) is 6. The van der Waals surface area contributed by atoms with E-state index >= 15 is 0 Å². The van der Waals surface area contributed by atoms with Crippen molar-refractivity contribution >= 4 is 5.95 Å². The number of hydrogen-bond donors (Lipinski definition) is 1. The van der Waals surface area contributed by atoms with E-state index in [4.69, 9.17) is 9.40 Å². The number of aliphatic hydroxyl groups is 1. The van der Waals surface area contributed by atoms with Gasteiger partial charge in [-0.15, -0.1) is 0 Å². The number of aliphatic hydroxyl groups excluding tert-OH is 1. The molecule has 1 saturated heterocycles. The molecule has 1 fully saturated rings. The molecule has 0 spiro atoms.